The lowest BCUT2D eigenvalue weighted by atomic mass is 9.33. The summed E-state index contributed by atoms with van der Waals surface area (Å²) in [6.07, 6.45) is 4.68. The van der Waals surface area contributed by atoms with Crippen molar-refractivity contribution >= 4 is 79.2 Å². The molecule has 2 aliphatic carbocycles. The Morgan fingerprint density at radius 2 is 0.984 bits per heavy atom. The van der Waals surface area contributed by atoms with Crippen LogP contribution in [0.5, 0.6) is 0 Å². The lowest BCUT2D eigenvalue weighted by molar-refractivity contribution is 0.332. The molecule has 64 heavy (non-hydrogen) atoms. The Bertz CT molecular complexity index is 3270. The molecule has 0 saturated carbocycles. The maximum atomic E-state index is 6.94. The Kier molecular flexibility index (Phi) is 8.22. The predicted octanol–water partition coefficient (Wildman–Crippen LogP) is 14.7. The van der Waals surface area contributed by atoms with Crippen molar-refractivity contribution in [2.75, 3.05) is 9.80 Å². The summed E-state index contributed by atoms with van der Waals surface area (Å²) < 4.78 is 6.94. The second-order valence-electron chi connectivity index (χ2n) is 22.4. The molecule has 0 radical (unpaired) electrons. The number of aryl methyl sites for hydroxylation is 2. The van der Waals surface area contributed by atoms with Crippen molar-refractivity contribution in [2.24, 2.45) is 0 Å². The monoisotopic (exact) mass is 834 g/mol. The highest BCUT2D eigenvalue weighted by molar-refractivity contribution is 7.00. The van der Waals surface area contributed by atoms with Crippen LogP contribution in [0.1, 0.15) is 114 Å². The molecule has 0 N–H and O–H groups in total. The second-order valence-corrected chi connectivity index (χ2v) is 22.4. The topological polar surface area (TPSA) is 19.6 Å². The third-order valence-electron chi connectivity index (χ3n) is 16.3. The second kappa shape index (κ2) is 13.3. The van der Waals surface area contributed by atoms with E-state index >= 15 is 0 Å². The smallest absolute Gasteiger partial charge is 0.252 e. The summed E-state index contributed by atoms with van der Waals surface area (Å²) in [6.45, 7) is 24.3. The predicted molar refractivity (Wildman–Crippen MR) is 273 cm³/mol. The molecule has 0 spiro atoms. The molecule has 0 bridgehead atoms. The zero-order chi connectivity index (χ0) is 44.2. The number of hydrogen-bond acceptors (Lipinski definition) is 3. The van der Waals surface area contributed by atoms with Crippen LogP contribution in [-0.4, -0.2) is 6.71 Å². The van der Waals surface area contributed by atoms with Gasteiger partial charge in [0.1, 0.15) is 5.58 Å². The van der Waals surface area contributed by atoms with Crippen LogP contribution in [-0.2, 0) is 21.7 Å². The van der Waals surface area contributed by atoms with Gasteiger partial charge in [-0.3, -0.25) is 0 Å². The van der Waals surface area contributed by atoms with E-state index in [2.05, 4.69) is 206 Å². The van der Waals surface area contributed by atoms with E-state index in [1.165, 1.54) is 102 Å². The first-order valence-electron chi connectivity index (χ1n) is 23.7. The normalized spacial score (nSPS) is 18.3. The lowest BCUT2D eigenvalue weighted by Crippen LogP contribution is -2.62. The van der Waals surface area contributed by atoms with Crippen molar-refractivity contribution in [1.82, 2.24) is 0 Å². The van der Waals surface area contributed by atoms with E-state index in [4.69, 9.17) is 4.42 Å². The summed E-state index contributed by atoms with van der Waals surface area (Å²) in [5, 5.41) is 2.30. The van der Waals surface area contributed by atoms with E-state index in [0.29, 0.717) is 0 Å². The van der Waals surface area contributed by atoms with Crippen LogP contribution in [0.25, 0.3) is 33.1 Å². The van der Waals surface area contributed by atoms with Crippen LogP contribution < -0.4 is 26.2 Å². The zero-order valence-electron chi connectivity index (χ0n) is 39.3. The van der Waals surface area contributed by atoms with Gasteiger partial charge in [-0.25, -0.2) is 0 Å². The van der Waals surface area contributed by atoms with Gasteiger partial charge in [-0.05, 0) is 165 Å². The standard InChI is InChI=1S/C60H59BN2O/c1-36-29-52-55-53(30-36)63(49-34-44-42(31-37(49)2)57(3,4)25-27-59(44,7)8)50-32-39(38-17-12-11-13-18-38)23-24-46(50)61(55)47-33-43-45(60(9,10)28-26-58(43,5)6)35-51(47)62(52)48-21-16-20-41-40-19-14-15-22-54(40)64-56(41)48/h11-24,29-35H,25-28H2,1-10H3. The summed E-state index contributed by atoms with van der Waals surface area (Å²) >= 11 is 0. The van der Waals surface area contributed by atoms with E-state index in [1.54, 1.807) is 0 Å². The van der Waals surface area contributed by atoms with E-state index in [9.17, 15) is 0 Å². The van der Waals surface area contributed by atoms with E-state index in [-0.39, 0.29) is 28.4 Å². The minimum atomic E-state index is 0.0160. The molecule has 8 aromatic rings. The molecule has 2 aliphatic heterocycles. The number of rotatable bonds is 3. The SMILES string of the molecule is Cc1cc2c3c(c1)N(c1cccc4c1oc1ccccc14)c1cc4c(cc1B3c1ccc(-c3ccccc3)cc1N2c1cc2c(cc1C)C(C)(C)CCC2(C)C)C(C)(C)CCC4(C)C. The Morgan fingerprint density at radius 3 is 1.66 bits per heavy atom. The third kappa shape index (κ3) is 5.60. The molecule has 1 aromatic heterocycles. The molecule has 318 valence electrons. The van der Waals surface area contributed by atoms with Gasteiger partial charge in [-0.15, -0.1) is 0 Å². The maximum absolute atomic E-state index is 6.94. The van der Waals surface area contributed by atoms with Crippen molar-refractivity contribution in [3.63, 3.8) is 0 Å². The fraction of sp³-hybridized carbons (Fsp3) is 0.300. The van der Waals surface area contributed by atoms with Gasteiger partial charge in [0.2, 0.25) is 0 Å². The summed E-state index contributed by atoms with van der Waals surface area (Å²) in [7, 11) is 0. The first-order valence-corrected chi connectivity index (χ1v) is 23.7. The van der Waals surface area contributed by atoms with Crippen LogP contribution in [0.15, 0.2) is 132 Å². The zero-order valence-corrected chi connectivity index (χ0v) is 39.3. The maximum Gasteiger partial charge on any atom is 0.252 e. The van der Waals surface area contributed by atoms with Crippen LogP contribution in [0.2, 0.25) is 0 Å². The molecule has 7 aromatic carbocycles. The van der Waals surface area contributed by atoms with Gasteiger partial charge in [0.25, 0.3) is 6.71 Å². The average Bonchev–Trinajstić information content (AvgIpc) is 3.66. The summed E-state index contributed by atoms with van der Waals surface area (Å²) in [4.78, 5) is 5.25. The molecule has 0 fully saturated rings. The van der Waals surface area contributed by atoms with Crippen LogP contribution in [0, 0.1) is 13.8 Å². The average molecular weight is 835 g/mol. The number of hydrogen-bond donors (Lipinski definition) is 0. The van der Waals surface area contributed by atoms with Gasteiger partial charge >= 0.3 is 0 Å². The van der Waals surface area contributed by atoms with Gasteiger partial charge in [0.05, 0.1) is 5.69 Å². The minimum absolute atomic E-state index is 0.0160. The third-order valence-corrected chi connectivity index (χ3v) is 16.3. The Labute approximate surface area is 380 Å². The van der Waals surface area contributed by atoms with E-state index < -0.39 is 0 Å². The fourth-order valence-electron chi connectivity index (χ4n) is 12.4. The molecule has 3 nitrogen and oxygen atoms in total. The highest BCUT2D eigenvalue weighted by Gasteiger charge is 2.48. The first-order chi connectivity index (χ1) is 30.5. The van der Waals surface area contributed by atoms with Crippen molar-refractivity contribution in [3.05, 3.63) is 161 Å². The van der Waals surface area contributed by atoms with Crippen molar-refractivity contribution < 1.29 is 4.42 Å². The first kappa shape index (κ1) is 39.6. The Balaban J connectivity index is 1.21. The number of furan rings is 1. The van der Waals surface area contributed by atoms with Gasteiger partial charge < -0.3 is 14.2 Å². The lowest BCUT2D eigenvalue weighted by Gasteiger charge is -2.48. The summed E-state index contributed by atoms with van der Waals surface area (Å²) in [6, 6.07) is 48.9. The fourth-order valence-corrected chi connectivity index (χ4v) is 12.4. The van der Waals surface area contributed by atoms with Crippen molar-refractivity contribution in [2.45, 2.75) is 117 Å². The van der Waals surface area contributed by atoms with Crippen LogP contribution in [0.4, 0.5) is 34.1 Å². The van der Waals surface area contributed by atoms with Crippen molar-refractivity contribution in [3.8, 4) is 11.1 Å². The summed E-state index contributed by atoms with van der Waals surface area (Å²) in [5.74, 6) is 0. The van der Waals surface area contributed by atoms with Gasteiger partial charge in [0.15, 0.2) is 5.58 Å². The number of para-hydroxylation sites is 2. The molecule has 0 saturated heterocycles. The molecule has 0 unspecified atom stereocenters. The molecule has 0 amide bonds. The van der Waals surface area contributed by atoms with Gasteiger partial charge in [0, 0.05) is 39.2 Å². The van der Waals surface area contributed by atoms with E-state index in [1.807, 2.05) is 0 Å². The molecule has 0 atom stereocenters. The van der Waals surface area contributed by atoms with Crippen molar-refractivity contribution in [1.29, 1.82) is 0 Å². The molecule has 3 heterocycles. The number of benzene rings is 7. The highest BCUT2D eigenvalue weighted by atomic mass is 16.3. The number of nitrogens with zero attached hydrogens (tertiary/aromatic N) is 2. The molecular weight excluding hydrogens is 775 g/mol. The summed E-state index contributed by atoms with van der Waals surface area (Å²) in [5.41, 5.74) is 24.5. The molecule has 4 aliphatic rings. The Hall–Kier alpha value is -6.00. The Morgan fingerprint density at radius 1 is 0.438 bits per heavy atom. The van der Waals surface area contributed by atoms with Crippen LogP contribution >= 0.6 is 0 Å². The van der Waals surface area contributed by atoms with E-state index in [0.717, 1.165) is 40.5 Å². The van der Waals surface area contributed by atoms with Crippen LogP contribution in [0.3, 0.4) is 0 Å². The molecule has 4 heteroatoms. The minimum Gasteiger partial charge on any atom is -0.454 e. The van der Waals surface area contributed by atoms with Gasteiger partial charge in [-0.2, -0.15) is 0 Å². The largest absolute Gasteiger partial charge is 0.454 e. The van der Waals surface area contributed by atoms with Gasteiger partial charge in [-0.1, -0.05) is 140 Å². The number of fused-ring (bicyclic) bond motifs is 9. The molecule has 12 rings (SSSR count). The number of anilines is 6. The highest BCUT2D eigenvalue weighted by Crippen LogP contribution is 2.54. The quantitative estimate of drug-likeness (QED) is 0.165. The molecular formula is C60H59BN2O.